The molecule has 21 heavy (non-hydrogen) atoms. The number of rotatable bonds is 5. The zero-order valence-corrected chi connectivity index (χ0v) is 14.6. The van der Waals surface area contributed by atoms with E-state index >= 15 is 0 Å². The monoisotopic (exact) mass is 397 g/mol. The average Bonchev–Trinajstić information content (AvgIpc) is 2.38. The van der Waals surface area contributed by atoms with E-state index in [0.29, 0.717) is 36.1 Å². The minimum absolute atomic E-state index is 0. The fourth-order valence-electron chi connectivity index (χ4n) is 1.97. The van der Waals surface area contributed by atoms with E-state index in [1.165, 1.54) is 6.07 Å². The van der Waals surface area contributed by atoms with Crippen molar-refractivity contribution in [2.45, 2.75) is 17.7 Å². The Labute approximate surface area is 138 Å². The van der Waals surface area contributed by atoms with Crippen molar-refractivity contribution in [2.75, 3.05) is 25.5 Å². The molecule has 0 unspecified atom stereocenters. The van der Waals surface area contributed by atoms with Gasteiger partial charge in [0.15, 0.2) is 0 Å². The Bertz CT molecular complexity index is 637. The van der Waals surface area contributed by atoms with Crippen molar-refractivity contribution < 1.29 is 13.2 Å². The number of amides is 1. The van der Waals surface area contributed by atoms with Gasteiger partial charge in [0.2, 0.25) is 15.9 Å². The van der Waals surface area contributed by atoms with E-state index in [0.717, 1.165) is 5.56 Å². The van der Waals surface area contributed by atoms with Gasteiger partial charge < -0.3 is 10.6 Å². The molecule has 0 bridgehead atoms. The van der Waals surface area contributed by atoms with Crippen molar-refractivity contribution in [3.05, 3.63) is 22.2 Å². The zero-order chi connectivity index (χ0) is 14.8. The molecule has 0 spiro atoms. The molecular formula is C12H17BrClN3O3S. The standard InChI is InChI=1S/C12H16BrN3O3S.ClH/c1-14-4-5-15-20(18,19)11-7-10-8(6-9(11)13)2-3-12(17)16-10;/h6-7,14-15H,2-5H2,1H3,(H,16,17);1H. The molecule has 0 fully saturated rings. The number of likely N-dealkylation sites (N-methyl/N-ethyl adjacent to an activating group) is 1. The summed E-state index contributed by atoms with van der Waals surface area (Å²) in [5.74, 6) is -0.0914. The number of nitrogens with one attached hydrogen (secondary N) is 3. The fraction of sp³-hybridized carbons (Fsp3) is 0.417. The molecule has 1 aliphatic rings. The Kier molecular flexibility index (Phi) is 6.61. The van der Waals surface area contributed by atoms with E-state index in [4.69, 9.17) is 0 Å². The molecule has 1 amide bonds. The second kappa shape index (κ2) is 7.55. The Hall–Kier alpha value is -0.670. The summed E-state index contributed by atoms with van der Waals surface area (Å²) >= 11 is 3.29. The molecule has 9 heteroatoms. The van der Waals surface area contributed by atoms with Gasteiger partial charge in [-0.3, -0.25) is 4.79 Å². The Balaban J connectivity index is 0.00000220. The van der Waals surface area contributed by atoms with Crippen LogP contribution in [0.25, 0.3) is 0 Å². The third-order valence-electron chi connectivity index (χ3n) is 3.01. The molecule has 1 aromatic rings. The van der Waals surface area contributed by atoms with E-state index in [2.05, 4.69) is 31.3 Å². The van der Waals surface area contributed by atoms with Gasteiger partial charge in [-0.25, -0.2) is 13.1 Å². The van der Waals surface area contributed by atoms with E-state index in [9.17, 15) is 13.2 Å². The normalized spacial score (nSPS) is 14.1. The van der Waals surface area contributed by atoms with Crippen molar-refractivity contribution in [3.8, 4) is 0 Å². The number of fused-ring (bicyclic) bond motifs is 1. The number of anilines is 1. The van der Waals surface area contributed by atoms with Crippen LogP contribution in [0.3, 0.4) is 0 Å². The van der Waals surface area contributed by atoms with E-state index in [1.54, 1.807) is 13.1 Å². The first-order valence-corrected chi connectivity index (χ1v) is 8.48. The van der Waals surface area contributed by atoms with Gasteiger partial charge in [0.05, 0.1) is 4.90 Å². The van der Waals surface area contributed by atoms with Gasteiger partial charge in [-0.1, -0.05) is 0 Å². The summed E-state index contributed by atoms with van der Waals surface area (Å²) in [5, 5.41) is 5.57. The Morgan fingerprint density at radius 2 is 2.00 bits per heavy atom. The summed E-state index contributed by atoms with van der Waals surface area (Å²) in [4.78, 5) is 11.5. The molecule has 0 aliphatic carbocycles. The predicted molar refractivity (Wildman–Crippen MR) is 87.5 cm³/mol. The lowest BCUT2D eigenvalue weighted by Gasteiger charge is -2.19. The summed E-state index contributed by atoms with van der Waals surface area (Å²) in [6, 6.07) is 3.25. The van der Waals surface area contributed by atoms with Crippen molar-refractivity contribution >= 4 is 50.0 Å². The first-order valence-electron chi connectivity index (χ1n) is 6.20. The third kappa shape index (κ3) is 4.40. The number of aryl methyl sites for hydroxylation is 1. The number of hydrogen-bond donors (Lipinski definition) is 3. The van der Waals surface area contributed by atoms with E-state index < -0.39 is 10.0 Å². The second-order valence-corrected chi connectivity index (χ2v) is 7.08. The van der Waals surface area contributed by atoms with Gasteiger partial charge in [-0.2, -0.15) is 0 Å². The first kappa shape index (κ1) is 18.4. The molecular weight excluding hydrogens is 382 g/mol. The maximum atomic E-state index is 12.2. The molecule has 6 nitrogen and oxygen atoms in total. The summed E-state index contributed by atoms with van der Waals surface area (Å²) < 4.78 is 27.4. The van der Waals surface area contributed by atoms with Gasteiger partial charge in [0, 0.05) is 29.7 Å². The maximum absolute atomic E-state index is 12.2. The van der Waals surface area contributed by atoms with Gasteiger partial charge in [0.1, 0.15) is 0 Å². The minimum atomic E-state index is -3.60. The minimum Gasteiger partial charge on any atom is -0.326 e. The van der Waals surface area contributed by atoms with E-state index in [-0.39, 0.29) is 23.2 Å². The number of sulfonamides is 1. The van der Waals surface area contributed by atoms with Crippen molar-refractivity contribution in [3.63, 3.8) is 0 Å². The van der Waals surface area contributed by atoms with Gasteiger partial charge in [-0.05, 0) is 47.1 Å². The van der Waals surface area contributed by atoms with Crippen LogP contribution in [0.2, 0.25) is 0 Å². The molecule has 2 rings (SSSR count). The summed E-state index contributed by atoms with van der Waals surface area (Å²) in [5.41, 5.74) is 1.50. The Morgan fingerprint density at radius 3 is 2.67 bits per heavy atom. The zero-order valence-electron chi connectivity index (χ0n) is 11.4. The molecule has 1 aromatic carbocycles. The lowest BCUT2D eigenvalue weighted by Crippen LogP contribution is -2.31. The summed E-state index contributed by atoms with van der Waals surface area (Å²) in [6.07, 6.45) is 1.04. The first-order chi connectivity index (χ1) is 9.44. The SMILES string of the molecule is CNCCNS(=O)(=O)c1cc2c(cc1Br)CCC(=O)N2.Cl. The average molecular weight is 399 g/mol. The number of halogens is 2. The smallest absolute Gasteiger partial charge is 0.241 e. The maximum Gasteiger partial charge on any atom is 0.241 e. The quantitative estimate of drug-likeness (QED) is 0.652. The topological polar surface area (TPSA) is 87.3 Å². The van der Waals surface area contributed by atoms with Gasteiger partial charge >= 0.3 is 0 Å². The third-order valence-corrected chi connectivity index (χ3v) is 5.43. The van der Waals surface area contributed by atoms with Crippen LogP contribution in [0, 0.1) is 0 Å². The highest BCUT2D eigenvalue weighted by molar-refractivity contribution is 9.10. The van der Waals surface area contributed by atoms with Crippen LogP contribution in [0.5, 0.6) is 0 Å². The largest absolute Gasteiger partial charge is 0.326 e. The molecule has 3 N–H and O–H groups in total. The van der Waals surface area contributed by atoms with Gasteiger partial charge in [0.25, 0.3) is 0 Å². The van der Waals surface area contributed by atoms with Crippen molar-refractivity contribution in [2.24, 2.45) is 0 Å². The second-order valence-electron chi connectivity index (χ2n) is 4.49. The van der Waals surface area contributed by atoms with Crippen LogP contribution in [0.1, 0.15) is 12.0 Å². The number of carbonyl (C=O) groups excluding carboxylic acids is 1. The van der Waals surface area contributed by atoms with Crippen LogP contribution in [0.15, 0.2) is 21.5 Å². The molecule has 0 saturated carbocycles. The molecule has 0 saturated heterocycles. The van der Waals surface area contributed by atoms with E-state index in [1.807, 2.05) is 0 Å². The lowest BCUT2D eigenvalue weighted by molar-refractivity contribution is -0.116. The molecule has 0 aromatic heterocycles. The lowest BCUT2D eigenvalue weighted by atomic mass is 10.0. The van der Waals surface area contributed by atoms with Crippen LogP contribution in [-0.4, -0.2) is 34.5 Å². The summed E-state index contributed by atoms with van der Waals surface area (Å²) in [6.45, 7) is 0.841. The number of hydrogen-bond acceptors (Lipinski definition) is 4. The highest BCUT2D eigenvalue weighted by Crippen LogP contribution is 2.31. The Morgan fingerprint density at radius 1 is 1.29 bits per heavy atom. The van der Waals surface area contributed by atoms with Crippen molar-refractivity contribution in [1.82, 2.24) is 10.0 Å². The fourth-order valence-corrected chi connectivity index (χ4v) is 4.12. The molecule has 0 atom stereocenters. The van der Waals surface area contributed by atoms with Crippen LogP contribution >= 0.6 is 28.3 Å². The molecule has 0 radical (unpaired) electrons. The summed E-state index contributed by atoms with van der Waals surface area (Å²) in [7, 11) is -1.85. The predicted octanol–water partition coefficient (Wildman–Crippen LogP) is 1.25. The number of carbonyl (C=O) groups is 1. The van der Waals surface area contributed by atoms with Crippen LogP contribution in [0.4, 0.5) is 5.69 Å². The molecule has 1 heterocycles. The molecule has 1 aliphatic heterocycles. The highest BCUT2D eigenvalue weighted by atomic mass is 79.9. The molecule has 118 valence electrons. The van der Waals surface area contributed by atoms with Crippen LogP contribution < -0.4 is 15.4 Å². The number of benzene rings is 1. The van der Waals surface area contributed by atoms with Crippen LogP contribution in [-0.2, 0) is 21.2 Å². The van der Waals surface area contributed by atoms with Gasteiger partial charge in [-0.15, -0.1) is 12.4 Å². The van der Waals surface area contributed by atoms with Crippen molar-refractivity contribution in [1.29, 1.82) is 0 Å². The highest BCUT2D eigenvalue weighted by Gasteiger charge is 2.22.